The highest BCUT2D eigenvalue weighted by molar-refractivity contribution is 7.87. The van der Waals surface area contributed by atoms with Gasteiger partial charge in [-0.15, -0.1) is 0 Å². The van der Waals surface area contributed by atoms with Crippen molar-refractivity contribution in [2.75, 3.05) is 6.26 Å². The Morgan fingerprint density at radius 2 is 1.83 bits per heavy atom. The second kappa shape index (κ2) is 2.98. The van der Waals surface area contributed by atoms with E-state index in [0.717, 1.165) is 0 Å². The third-order valence-corrected chi connectivity index (χ3v) is 3.34. The van der Waals surface area contributed by atoms with Gasteiger partial charge in [-0.2, -0.15) is 0 Å². The van der Waals surface area contributed by atoms with Crippen LogP contribution in [0, 0.1) is 0 Å². The lowest BCUT2D eigenvalue weighted by molar-refractivity contribution is 1.45. The molecule has 0 heterocycles. The molecule has 0 saturated carbocycles. The SMILES string of the molecule is C[SH+]C1=c2ccccc2=C(C)C1. The molecule has 1 aromatic carbocycles. The van der Waals surface area contributed by atoms with Gasteiger partial charge >= 0.3 is 0 Å². The molecular formula is C11H13S+. The molecule has 12 heavy (non-hydrogen) atoms. The van der Waals surface area contributed by atoms with Crippen LogP contribution in [0.4, 0.5) is 0 Å². The minimum Gasteiger partial charge on any atom is -0.0616 e. The van der Waals surface area contributed by atoms with Crippen LogP contribution < -0.4 is 10.4 Å². The Kier molecular flexibility index (Phi) is 1.97. The van der Waals surface area contributed by atoms with Crippen LogP contribution in [-0.2, 0) is 11.8 Å². The molecule has 1 aliphatic carbocycles. The molecule has 2 rings (SSSR count). The van der Waals surface area contributed by atoms with Crippen molar-refractivity contribution in [3.05, 3.63) is 34.7 Å². The van der Waals surface area contributed by atoms with E-state index in [4.69, 9.17) is 0 Å². The molecular weight excluding hydrogens is 164 g/mol. The van der Waals surface area contributed by atoms with Crippen LogP contribution in [0.15, 0.2) is 24.3 Å². The Balaban J connectivity index is 2.84. The van der Waals surface area contributed by atoms with Gasteiger partial charge in [-0.3, -0.25) is 0 Å². The van der Waals surface area contributed by atoms with Gasteiger partial charge in [0.15, 0.2) is 0 Å². The van der Waals surface area contributed by atoms with Gasteiger partial charge < -0.3 is 0 Å². The highest BCUT2D eigenvalue weighted by atomic mass is 32.2. The van der Waals surface area contributed by atoms with E-state index >= 15 is 0 Å². The molecule has 62 valence electrons. The molecule has 0 fully saturated rings. The zero-order valence-electron chi connectivity index (χ0n) is 7.46. The number of hydrogen-bond acceptors (Lipinski definition) is 0. The van der Waals surface area contributed by atoms with Crippen molar-refractivity contribution in [2.45, 2.75) is 13.3 Å². The van der Waals surface area contributed by atoms with Gasteiger partial charge in [0.05, 0.1) is 0 Å². The molecule has 0 bridgehead atoms. The fraction of sp³-hybridized carbons (Fsp3) is 0.273. The van der Waals surface area contributed by atoms with Crippen molar-refractivity contribution in [1.29, 1.82) is 0 Å². The highest BCUT2D eigenvalue weighted by Crippen LogP contribution is 2.13. The predicted octanol–water partition coefficient (Wildman–Crippen LogP) is 0.814. The summed E-state index contributed by atoms with van der Waals surface area (Å²) in [4.78, 5) is 1.57. The normalized spacial score (nSPS) is 15.2. The topological polar surface area (TPSA) is 0 Å². The van der Waals surface area contributed by atoms with Gasteiger partial charge in [-0.05, 0) is 18.2 Å². The summed E-state index contributed by atoms with van der Waals surface area (Å²) in [6.45, 7) is 2.23. The molecule has 0 amide bonds. The van der Waals surface area contributed by atoms with Crippen molar-refractivity contribution in [3.8, 4) is 0 Å². The van der Waals surface area contributed by atoms with E-state index < -0.39 is 0 Å². The Morgan fingerprint density at radius 3 is 2.50 bits per heavy atom. The zero-order valence-corrected chi connectivity index (χ0v) is 8.36. The first-order valence-electron chi connectivity index (χ1n) is 4.21. The zero-order chi connectivity index (χ0) is 8.55. The van der Waals surface area contributed by atoms with Crippen LogP contribution in [0.1, 0.15) is 13.3 Å². The first-order valence-corrected chi connectivity index (χ1v) is 5.55. The summed E-state index contributed by atoms with van der Waals surface area (Å²) < 4.78 is 0. The fourth-order valence-corrected chi connectivity index (χ4v) is 2.58. The third kappa shape index (κ3) is 1.09. The third-order valence-electron chi connectivity index (χ3n) is 2.40. The summed E-state index contributed by atoms with van der Waals surface area (Å²) in [6.07, 6.45) is 3.39. The number of hydrogen-bond donors (Lipinski definition) is 0. The number of thiol groups is 1. The first-order chi connectivity index (χ1) is 5.83. The van der Waals surface area contributed by atoms with Crippen LogP contribution in [0.25, 0.3) is 10.5 Å². The average Bonchev–Trinajstić information content (AvgIpc) is 2.44. The summed E-state index contributed by atoms with van der Waals surface area (Å²) in [5, 5.41) is 2.93. The highest BCUT2D eigenvalue weighted by Gasteiger charge is 2.13. The summed E-state index contributed by atoms with van der Waals surface area (Å²) in [7, 11) is 0. The van der Waals surface area contributed by atoms with E-state index in [0.29, 0.717) is 0 Å². The van der Waals surface area contributed by atoms with Gasteiger partial charge in [-0.25, -0.2) is 0 Å². The van der Waals surface area contributed by atoms with E-state index in [1.54, 1.807) is 4.91 Å². The van der Waals surface area contributed by atoms with Crippen LogP contribution in [0.3, 0.4) is 0 Å². The van der Waals surface area contributed by atoms with E-state index in [1.165, 1.54) is 34.2 Å². The van der Waals surface area contributed by atoms with Crippen molar-refractivity contribution in [3.63, 3.8) is 0 Å². The Labute approximate surface area is 77.0 Å². The molecule has 0 spiro atoms. The Morgan fingerprint density at radius 1 is 1.17 bits per heavy atom. The summed E-state index contributed by atoms with van der Waals surface area (Å²) >= 11 is 1.42. The van der Waals surface area contributed by atoms with Gasteiger partial charge in [0, 0.05) is 23.4 Å². The molecule has 1 aliphatic rings. The molecule has 0 aromatic heterocycles. The maximum Gasteiger partial charge on any atom is 0.141 e. The maximum atomic E-state index is 2.23. The summed E-state index contributed by atoms with van der Waals surface area (Å²) in [5.41, 5.74) is 1.52. The smallest absolute Gasteiger partial charge is 0.0616 e. The lowest BCUT2D eigenvalue weighted by Crippen LogP contribution is -2.23. The van der Waals surface area contributed by atoms with Gasteiger partial charge in [0.1, 0.15) is 11.2 Å². The first kappa shape index (κ1) is 7.93. The number of benzene rings is 1. The molecule has 1 heteroatoms. The van der Waals surface area contributed by atoms with Gasteiger partial charge in [0.2, 0.25) is 0 Å². The van der Waals surface area contributed by atoms with Crippen LogP contribution >= 0.6 is 0 Å². The Hall–Kier alpha value is -0.690. The standard InChI is InChI=1S/C11H12S/c1-8-7-11(12-2)10-6-4-3-5-9(8)10/h3-6H,7H2,1-2H3/p+1. The Bertz CT molecular complexity index is 415. The molecule has 0 saturated heterocycles. The number of rotatable bonds is 1. The lowest BCUT2D eigenvalue weighted by atomic mass is 10.2. The molecule has 0 N–H and O–H groups in total. The molecule has 0 nitrogen and oxygen atoms in total. The van der Waals surface area contributed by atoms with E-state index in [9.17, 15) is 0 Å². The van der Waals surface area contributed by atoms with E-state index in [-0.39, 0.29) is 0 Å². The molecule has 0 aliphatic heterocycles. The lowest BCUT2D eigenvalue weighted by Gasteiger charge is -1.87. The van der Waals surface area contributed by atoms with Gasteiger partial charge in [0.25, 0.3) is 0 Å². The van der Waals surface area contributed by atoms with Gasteiger partial charge in [-0.1, -0.05) is 23.8 Å². The van der Waals surface area contributed by atoms with E-state index in [2.05, 4.69) is 37.4 Å². The van der Waals surface area contributed by atoms with Crippen molar-refractivity contribution in [2.24, 2.45) is 0 Å². The van der Waals surface area contributed by atoms with Crippen molar-refractivity contribution in [1.82, 2.24) is 0 Å². The second-order valence-corrected chi connectivity index (χ2v) is 4.16. The second-order valence-electron chi connectivity index (χ2n) is 3.17. The van der Waals surface area contributed by atoms with Crippen LogP contribution in [0.5, 0.6) is 0 Å². The molecule has 0 radical (unpaired) electrons. The maximum absolute atomic E-state index is 2.23. The predicted molar refractivity (Wildman–Crippen MR) is 57.5 cm³/mol. The van der Waals surface area contributed by atoms with E-state index in [1.807, 2.05) is 0 Å². The van der Waals surface area contributed by atoms with Crippen LogP contribution in [0.2, 0.25) is 0 Å². The number of fused-ring (bicyclic) bond motifs is 1. The summed E-state index contributed by atoms with van der Waals surface area (Å²) in [6, 6.07) is 8.71. The molecule has 0 atom stereocenters. The van der Waals surface area contributed by atoms with Crippen molar-refractivity contribution >= 4 is 22.2 Å². The molecule has 0 unspecified atom stereocenters. The monoisotopic (exact) mass is 177 g/mol. The molecule has 1 aromatic rings. The quantitative estimate of drug-likeness (QED) is 0.440. The minimum atomic E-state index is 1.18. The van der Waals surface area contributed by atoms with Crippen LogP contribution in [-0.4, -0.2) is 6.26 Å². The largest absolute Gasteiger partial charge is 0.141 e. The average molecular weight is 177 g/mol. The van der Waals surface area contributed by atoms with Crippen molar-refractivity contribution < 1.29 is 0 Å². The fourth-order valence-electron chi connectivity index (χ4n) is 1.75. The minimum absolute atomic E-state index is 1.18. The summed E-state index contributed by atoms with van der Waals surface area (Å²) in [5.74, 6) is 0.